The monoisotopic (exact) mass is 421 g/mol. The summed E-state index contributed by atoms with van der Waals surface area (Å²) in [6.07, 6.45) is 6.63. The fraction of sp³-hybridized carbons (Fsp3) is 0.435. The number of benzene rings is 1. The van der Waals surface area contributed by atoms with Gasteiger partial charge in [-0.3, -0.25) is 14.7 Å². The van der Waals surface area contributed by atoms with Crippen LogP contribution in [0.2, 0.25) is 0 Å². The Hall–Kier alpha value is -2.51. The normalized spacial score (nSPS) is 19.2. The van der Waals surface area contributed by atoms with Gasteiger partial charge in [-0.1, -0.05) is 23.5 Å². The Labute approximate surface area is 181 Å². The summed E-state index contributed by atoms with van der Waals surface area (Å²) in [5, 5.41) is 1.15. The average Bonchev–Trinajstić information content (AvgIpc) is 3.09. The third-order valence-corrected chi connectivity index (χ3v) is 7.36. The summed E-state index contributed by atoms with van der Waals surface area (Å²) in [6.45, 7) is 5.94. The number of fused-ring (bicyclic) bond motifs is 1. The van der Waals surface area contributed by atoms with E-state index in [1.54, 1.807) is 23.7 Å². The Balaban J connectivity index is 1.17. The van der Waals surface area contributed by atoms with E-state index in [0.717, 1.165) is 69.2 Å². The lowest BCUT2D eigenvalue weighted by molar-refractivity contribution is 0.0626. The molecule has 6 nitrogen and oxygen atoms in total. The van der Waals surface area contributed by atoms with Crippen molar-refractivity contribution in [2.75, 3.05) is 44.2 Å². The highest BCUT2D eigenvalue weighted by Gasteiger charge is 2.29. The maximum absolute atomic E-state index is 12.7. The van der Waals surface area contributed by atoms with Crippen LogP contribution in [0, 0.1) is 0 Å². The minimum absolute atomic E-state index is 0.111. The molecule has 3 aromatic rings. The molecule has 2 fully saturated rings. The van der Waals surface area contributed by atoms with E-state index < -0.39 is 0 Å². The van der Waals surface area contributed by atoms with E-state index in [9.17, 15) is 4.79 Å². The second-order valence-corrected chi connectivity index (χ2v) is 9.11. The predicted molar refractivity (Wildman–Crippen MR) is 121 cm³/mol. The highest BCUT2D eigenvalue weighted by Crippen LogP contribution is 2.29. The molecular formula is C23H27N5OS. The first-order chi connectivity index (χ1) is 14.8. The number of anilines is 1. The van der Waals surface area contributed by atoms with Gasteiger partial charge in [0.2, 0.25) is 0 Å². The fourth-order valence-electron chi connectivity index (χ4n) is 4.60. The Bertz CT molecular complexity index is 966. The quantitative estimate of drug-likeness (QED) is 0.648. The first-order valence-electron chi connectivity index (χ1n) is 10.8. The summed E-state index contributed by atoms with van der Waals surface area (Å²) in [5.41, 5.74) is 1.79. The molecule has 156 valence electrons. The zero-order valence-electron chi connectivity index (χ0n) is 17.1. The van der Waals surface area contributed by atoms with E-state index in [1.807, 2.05) is 17.0 Å². The lowest BCUT2D eigenvalue weighted by atomic mass is 10.0. The number of nitrogens with zero attached hydrogens (tertiary/aromatic N) is 5. The minimum Gasteiger partial charge on any atom is -0.347 e. The molecule has 1 aromatic carbocycles. The third kappa shape index (κ3) is 4.04. The molecule has 5 rings (SSSR count). The minimum atomic E-state index is 0.111. The van der Waals surface area contributed by atoms with Crippen LogP contribution in [0.5, 0.6) is 0 Å². The van der Waals surface area contributed by atoms with Crippen molar-refractivity contribution in [2.24, 2.45) is 0 Å². The number of hydrogen-bond donors (Lipinski definition) is 0. The van der Waals surface area contributed by atoms with Gasteiger partial charge in [0.1, 0.15) is 0 Å². The molecule has 0 unspecified atom stereocenters. The summed E-state index contributed by atoms with van der Waals surface area (Å²) < 4.78 is 1.26. The molecule has 0 radical (unpaired) electrons. The van der Waals surface area contributed by atoms with Crippen LogP contribution in [0.4, 0.5) is 5.13 Å². The van der Waals surface area contributed by atoms with Crippen LogP contribution in [0.25, 0.3) is 10.2 Å². The predicted octanol–water partition coefficient (Wildman–Crippen LogP) is 3.51. The van der Waals surface area contributed by atoms with Gasteiger partial charge < -0.3 is 9.80 Å². The molecule has 30 heavy (non-hydrogen) atoms. The van der Waals surface area contributed by atoms with Crippen molar-refractivity contribution in [3.63, 3.8) is 0 Å². The summed E-state index contributed by atoms with van der Waals surface area (Å²) in [4.78, 5) is 28.7. The molecule has 2 aromatic heterocycles. The van der Waals surface area contributed by atoms with Gasteiger partial charge in [0.05, 0.1) is 15.8 Å². The molecule has 0 saturated carbocycles. The van der Waals surface area contributed by atoms with Crippen LogP contribution in [0.1, 0.15) is 29.6 Å². The Kier molecular flexibility index (Phi) is 5.64. The molecule has 0 atom stereocenters. The largest absolute Gasteiger partial charge is 0.347 e. The topological polar surface area (TPSA) is 52.6 Å². The molecule has 2 saturated heterocycles. The molecule has 0 spiro atoms. The number of hydrogen-bond acceptors (Lipinski definition) is 6. The lowest BCUT2D eigenvalue weighted by Crippen LogP contribution is -2.47. The molecule has 0 N–H and O–H groups in total. The van der Waals surface area contributed by atoms with Crippen LogP contribution in [0.3, 0.4) is 0 Å². The van der Waals surface area contributed by atoms with Crippen molar-refractivity contribution in [2.45, 2.75) is 25.3 Å². The van der Waals surface area contributed by atoms with Gasteiger partial charge in [-0.05, 0) is 43.5 Å². The van der Waals surface area contributed by atoms with Crippen LogP contribution in [-0.2, 0) is 0 Å². The number of piperidine rings is 1. The third-order valence-electron chi connectivity index (χ3n) is 6.26. The van der Waals surface area contributed by atoms with E-state index in [0.29, 0.717) is 11.6 Å². The van der Waals surface area contributed by atoms with Crippen LogP contribution in [0.15, 0.2) is 48.8 Å². The maximum Gasteiger partial charge on any atom is 0.255 e. The van der Waals surface area contributed by atoms with Crippen LogP contribution < -0.4 is 4.90 Å². The average molecular weight is 422 g/mol. The second kappa shape index (κ2) is 8.70. The van der Waals surface area contributed by atoms with Crippen molar-refractivity contribution >= 4 is 32.6 Å². The first kappa shape index (κ1) is 19.5. The van der Waals surface area contributed by atoms with E-state index in [-0.39, 0.29) is 5.91 Å². The number of amides is 1. The molecule has 2 aliphatic rings. The van der Waals surface area contributed by atoms with Gasteiger partial charge in [-0.2, -0.15) is 0 Å². The number of carbonyl (C=O) groups is 1. The van der Waals surface area contributed by atoms with E-state index in [1.165, 1.54) is 4.70 Å². The molecular weight excluding hydrogens is 394 g/mol. The summed E-state index contributed by atoms with van der Waals surface area (Å²) in [6, 6.07) is 12.6. The molecule has 0 aliphatic carbocycles. The highest BCUT2D eigenvalue weighted by molar-refractivity contribution is 7.22. The number of aromatic nitrogens is 2. The van der Waals surface area contributed by atoms with Gasteiger partial charge >= 0.3 is 0 Å². The SMILES string of the molecule is O=C(c1cccnc1)N1CCC(N2CCCN(c3nc4ccccc4s3)CC2)CC1. The highest BCUT2D eigenvalue weighted by atomic mass is 32.1. The second-order valence-electron chi connectivity index (χ2n) is 8.11. The number of carbonyl (C=O) groups excluding carboxylic acids is 1. The van der Waals surface area contributed by atoms with Crippen LogP contribution >= 0.6 is 11.3 Å². The molecule has 4 heterocycles. The molecule has 1 amide bonds. The first-order valence-corrected chi connectivity index (χ1v) is 11.6. The van der Waals surface area contributed by atoms with Gasteiger partial charge in [-0.15, -0.1) is 0 Å². The van der Waals surface area contributed by atoms with Gasteiger partial charge in [0.15, 0.2) is 5.13 Å². The van der Waals surface area contributed by atoms with Gasteiger partial charge in [-0.25, -0.2) is 4.98 Å². The van der Waals surface area contributed by atoms with Crippen molar-refractivity contribution < 1.29 is 4.79 Å². The Morgan fingerprint density at radius 2 is 1.83 bits per heavy atom. The maximum atomic E-state index is 12.7. The van der Waals surface area contributed by atoms with E-state index >= 15 is 0 Å². The zero-order chi connectivity index (χ0) is 20.3. The molecule has 0 bridgehead atoms. The number of rotatable bonds is 3. The zero-order valence-corrected chi connectivity index (χ0v) is 17.9. The lowest BCUT2D eigenvalue weighted by Gasteiger charge is -2.38. The van der Waals surface area contributed by atoms with Gasteiger partial charge in [0, 0.05) is 57.7 Å². The smallest absolute Gasteiger partial charge is 0.255 e. The number of pyridine rings is 1. The number of para-hydroxylation sites is 1. The summed E-state index contributed by atoms with van der Waals surface area (Å²) in [5.74, 6) is 0.111. The van der Waals surface area contributed by atoms with Crippen molar-refractivity contribution in [3.8, 4) is 0 Å². The summed E-state index contributed by atoms with van der Waals surface area (Å²) >= 11 is 1.80. The summed E-state index contributed by atoms with van der Waals surface area (Å²) in [7, 11) is 0. The molecule has 7 heteroatoms. The van der Waals surface area contributed by atoms with E-state index in [2.05, 4.69) is 39.0 Å². The molecule has 2 aliphatic heterocycles. The number of likely N-dealkylation sites (tertiary alicyclic amines) is 1. The van der Waals surface area contributed by atoms with Crippen molar-refractivity contribution in [1.82, 2.24) is 19.8 Å². The Morgan fingerprint density at radius 1 is 0.967 bits per heavy atom. The fourth-order valence-corrected chi connectivity index (χ4v) is 5.61. The van der Waals surface area contributed by atoms with Gasteiger partial charge in [0.25, 0.3) is 5.91 Å². The standard InChI is InChI=1S/C23H27N5OS/c29-22(18-5-3-10-24-17-18)27-13-8-19(9-14-27)26-11-4-12-28(16-15-26)23-25-20-6-1-2-7-21(20)30-23/h1-3,5-7,10,17,19H,4,8-9,11-16H2. The van der Waals surface area contributed by atoms with Crippen LogP contribution in [-0.4, -0.2) is 71.0 Å². The van der Waals surface area contributed by atoms with Crippen molar-refractivity contribution in [3.05, 3.63) is 54.4 Å². The van der Waals surface area contributed by atoms with Crippen molar-refractivity contribution in [1.29, 1.82) is 0 Å². The van der Waals surface area contributed by atoms with E-state index in [4.69, 9.17) is 4.98 Å². The number of thiazole rings is 1. The Morgan fingerprint density at radius 3 is 2.63 bits per heavy atom.